The molecule has 8 heteroatoms. The Morgan fingerprint density at radius 1 is 1.00 bits per heavy atom. The monoisotopic (exact) mass is 468 g/mol. The van der Waals surface area contributed by atoms with E-state index in [1.165, 1.54) is 0 Å². The van der Waals surface area contributed by atoms with Crippen molar-refractivity contribution in [2.45, 2.75) is 51.2 Å². The summed E-state index contributed by atoms with van der Waals surface area (Å²) in [4.78, 5) is 36.2. The van der Waals surface area contributed by atoms with Gasteiger partial charge in [0.2, 0.25) is 5.91 Å². The van der Waals surface area contributed by atoms with Crippen LogP contribution < -0.4 is 10.6 Å². The number of rotatable bonds is 12. The first-order chi connectivity index (χ1) is 16.4. The van der Waals surface area contributed by atoms with Gasteiger partial charge in [-0.15, -0.1) is 0 Å². The number of amides is 2. The zero-order valence-electron chi connectivity index (χ0n) is 19.6. The van der Waals surface area contributed by atoms with Gasteiger partial charge in [0.1, 0.15) is 12.6 Å². The highest BCUT2D eigenvalue weighted by atomic mass is 16.5. The summed E-state index contributed by atoms with van der Waals surface area (Å²) in [5.74, 6) is -1.47. The molecule has 0 saturated heterocycles. The molecule has 8 nitrogen and oxygen atoms in total. The summed E-state index contributed by atoms with van der Waals surface area (Å²) in [6.07, 6.45) is -0.419. The SMILES string of the molecule is CCC[C@@H](NC(=O)OCC1c2ccccc2-c2ccccc21)C(=O)NCC(CC(=O)O)OCC. The van der Waals surface area contributed by atoms with Gasteiger partial charge < -0.3 is 25.2 Å². The predicted molar refractivity (Wildman–Crippen MR) is 128 cm³/mol. The average Bonchev–Trinajstić information content (AvgIpc) is 3.14. The number of hydrogen-bond acceptors (Lipinski definition) is 5. The first-order valence-electron chi connectivity index (χ1n) is 11.7. The molecule has 0 fully saturated rings. The van der Waals surface area contributed by atoms with Crippen molar-refractivity contribution in [1.82, 2.24) is 10.6 Å². The summed E-state index contributed by atoms with van der Waals surface area (Å²) in [5.41, 5.74) is 4.50. The number of carboxylic acid groups (broad SMARTS) is 1. The molecule has 2 amide bonds. The Labute approximate surface area is 199 Å². The van der Waals surface area contributed by atoms with Crippen molar-refractivity contribution in [3.63, 3.8) is 0 Å². The molecule has 2 atom stereocenters. The van der Waals surface area contributed by atoms with Crippen LogP contribution in [-0.2, 0) is 19.1 Å². The Morgan fingerprint density at radius 2 is 1.62 bits per heavy atom. The van der Waals surface area contributed by atoms with Gasteiger partial charge in [-0.25, -0.2) is 4.79 Å². The number of aliphatic carboxylic acids is 1. The molecule has 1 aliphatic rings. The number of carboxylic acids is 1. The van der Waals surface area contributed by atoms with Crippen LogP contribution >= 0.6 is 0 Å². The Kier molecular flexibility index (Phi) is 9.04. The van der Waals surface area contributed by atoms with Gasteiger partial charge in [0.15, 0.2) is 0 Å². The third kappa shape index (κ3) is 6.35. The van der Waals surface area contributed by atoms with Gasteiger partial charge in [-0.05, 0) is 35.6 Å². The molecule has 3 N–H and O–H groups in total. The number of carbonyl (C=O) groups is 3. The van der Waals surface area contributed by atoms with E-state index in [1.807, 2.05) is 43.3 Å². The quantitative estimate of drug-likeness (QED) is 0.438. The summed E-state index contributed by atoms with van der Waals surface area (Å²) < 4.78 is 10.9. The van der Waals surface area contributed by atoms with Crippen molar-refractivity contribution >= 4 is 18.0 Å². The Hall–Kier alpha value is -3.39. The lowest BCUT2D eigenvalue weighted by molar-refractivity contribution is -0.140. The highest BCUT2D eigenvalue weighted by Gasteiger charge is 2.29. The van der Waals surface area contributed by atoms with Crippen molar-refractivity contribution in [3.8, 4) is 11.1 Å². The van der Waals surface area contributed by atoms with E-state index in [1.54, 1.807) is 6.92 Å². The van der Waals surface area contributed by atoms with Crippen molar-refractivity contribution in [2.75, 3.05) is 19.8 Å². The Balaban J connectivity index is 1.58. The molecular weight excluding hydrogens is 436 g/mol. The summed E-state index contributed by atoms with van der Waals surface area (Å²) in [6.45, 7) is 4.21. The Bertz CT molecular complexity index is 963. The van der Waals surface area contributed by atoms with Crippen LogP contribution in [0.4, 0.5) is 4.79 Å². The van der Waals surface area contributed by atoms with Gasteiger partial charge >= 0.3 is 12.1 Å². The van der Waals surface area contributed by atoms with E-state index in [2.05, 4.69) is 22.8 Å². The number of carbonyl (C=O) groups excluding carboxylic acids is 2. The normalized spacial score (nSPS) is 13.9. The molecule has 2 aromatic rings. The van der Waals surface area contributed by atoms with Crippen molar-refractivity contribution < 1.29 is 29.0 Å². The number of hydrogen-bond donors (Lipinski definition) is 3. The molecule has 1 unspecified atom stereocenters. The number of ether oxygens (including phenoxy) is 2. The second-order valence-corrected chi connectivity index (χ2v) is 8.23. The largest absolute Gasteiger partial charge is 0.481 e. The third-order valence-corrected chi connectivity index (χ3v) is 5.84. The minimum absolute atomic E-state index is 0.0472. The maximum Gasteiger partial charge on any atom is 0.407 e. The molecule has 0 bridgehead atoms. The lowest BCUT2D eigenvalue weighted by Gasteiger charge is -2.21. The molecule has 0 aliphatic heterocycles. The molecule has 34 heavy (non-hydrogen) atoms. The average molecular weight is 469 g/mol. The molecular formula is C26H32N2O6. The highest BCUT2D eigenvalue weighted by Crippen LogP contribution is 2.44. The zero-order valence-corrected chi connectivity index (χ0v) is 19.6. The number of nitrogens with one attached hydrogen (secondary N) is 2. The van der Waals surface area contributed by atoms with Crippen LogP contribution in [-0.4, -0.2) is 55.0 Å². The van der Waals surface area contributed by atoms with Crippen LogP contribution in [0.5, 0.6) is 0 Å². The van der Waals surface area contributed by atoms with Gasteiger partial charge in [-0.3, -0.25) is 9.59 Å². The van der Waals surface area contributed by atoms with E-state index in [4.69, 9.17) is 14.6 Å². The van der Waals surface area contributed by atoms with Crippen LogP contribution in [0.2, 0.25) is 0 Å². The number of alkyl carbamates (subject to hydrolysis) is 1. The van der Waals surface area contributed by atoms with Crippen LogP contribution in [0, 0.1) is 0 Å². The molecule has 0 radical (unpaired) electrons. The van der Waals surface area contributed by atoms with Crippen LogP contribution in [0.3, 0.4) is 0 Å². The predicted octanol–water partition coefficient (Wildman–Crippen LogP) is 3.69. The summed E-state index contributed by atoms with van der Waals surface area (Å²) in [7, 11) is 0. The van der Waals surface area contributed by atoms with Crippen molar-refractivity contribution in [3.05, 3.63) is 59.7 Å². The van der Waals surface area contributed by atoms with Gasteiger partial charge in [0.25, 0.3) is 0 Å². The molecule has 0 spiro atoms. The molecule has 0 saturated carbocycles. The van der Waals surface area contributed by atoms with E-state index < -0.39 is 30.1 Å². The maximum atomic E-state index is 12.7. The van der Waals surface area contributed by atoms with Crippen molar-refractivity contribution in [2.24, 2.45) is 0 Å². The second kappa shape index (κ2) is 12.2. The zero-order chi connectivity index (χ0) is 24.5. The topological polar surface area (TPSA) is 114 Å². The maximum absolute atomic E-state index is 12.7. The lowest BCUT2D eigenvalue weighted by Crippen LogP contribution is -2.49. The minimum Gasteiger partial charge on any atom is -0.481 e. The molecule has 3 rings (SSSR count). The lowest BCUT2D eigenvalue weighted by atomic mass is 9.98. The number of fused-ring (bicyclic) bond motifs is 3. The van der Waals surface area contributed by atoms with E-state index in [0.717, 1.165) is 22.3 Å². The first-order valence-corrected chi connectivity index (χ1v) is 11.7. The molecule has 182 valence electrons. The Morgan fingerprint density at radius 3 is 2.18 bits per heavy atom. The van der Waals surface area contributed by atoms with Crippen molar-refractivity contribution in [1.29, 1.82) is 0 Å². The van der Waals surface area contributed by atoms with E-state index in [0.29, 0.717) is 19.4 Å². The summed E-state index contributed by atoms with van der Waals surface area (Å²) >= 11 is 0. The van der Waals surface area contributed by atoms with E-state index in [9.17, 15) is 14.4 Å². The van der Waals surface area contributed by atoms with Crippen LogP contribution in [0.1, 0.15) is 50.2 Å². The smallest absolute Gasteiger partial charge is 0.407 e. The van der Waals surface area contributed by atoms with Gasteiger partial charge in [0.05, 0.1) is 12.5 Å². The second-order valence-electron chi connectivity index (χ2n) is 8.23. The molecule has 1 aliphatic carbocycles. The molecule has 0 heterocycles. The minimum atomic E-state index is -1.01. The van der Waals surface area contributed by atoms with Crippen LogP contribution in [0.25, 0.3) is 11.1 Å². The van der Waals surface area contributed by atoms with E-state index in [-0.39, 0.29) is 25.5 Å². The summed E-state index contributed by atoms with van der Waals surface area (Å²) in [5, 5.41) is 14.3. The van der Waals surface area contributed by atoms with Gasteiger partial charge in [-0.1, -0.05) is 61.9 Å². The molecule has 0 aromatic heterocycles. The van der Waals surface area contributed by atoms with Crippen LogP contribution in [0.15, 0.2) is 48.5 Å². The van der Waals surface area contributed by atoms with Gasteiger partial charge in [0, 0.05) is 19.1 Å². The summed E-state index contributed by atoms with van der Waals surface area (Å²) in [6, 6.07) is 15.4. The molecule has 2 aromatic carbocycles. The fourth-order valence-electron chi connectivity index (χ4n) is 4.30. The van der Waals surface area contributed by atoms with E-state index >= 15 is 0 Å². The first kappa shape index (κ1) is 25.2. The van der Waals surface area contributed by atoms with Gasteiger partial charge in [-0.2, -0.15) is 0 Å². The third-order valence-electron chi connectivity index (χ3n) is 5.84. The number of benzene rings is 2. The standard InChI is InChI=1S/C26H32N2O6/c1-3-9-23(25(31)27-15-17(33-4-2)14-24(29)30)28-26(32)34-16-22-20-12-7-5-10-18(20)19-11-6-8-13-21(19)22/h5-8,10-13,17,22-23H,3-4,9,14-16H2,1-2H3,(H,27,31)(H,28,32)(H,29,30)/t17?,23-/m1/s1. The fraction of sp³-hybridized carbons (Fsp3) is 0.423. The fourth-order valence-corrected chi connectivity index (χ4v) is 4.30. The highest BCUT2D eigenvalue weighted by molar-refractivity contribution is 5.85.